The first-order valence-corrected chi connectivity index (χ1v) is 6.99. The van der Waals surface area contributed by atoms with Crippen molar-refractivity contribution in [2.45, 2.75) is 13.0 Å². The maximum absolute atomic E-state index is 5.62. The van der Waals surface area contributed by atoms with Gasteiger partial charge in [-0.1, -0.05) is 18.1 Å². The van der Waals surface area contributed by atoms with Crippen molar-refractivity contribution in [3.8, 4) is 23.8 Å². The number of rotatable bonds is 3. The number of nitrogens with one attached hydrogen (secondary N) is 1. The fourth-order valence-corrected chi connectivity index (χ4v) is 2.36. The predicted molar refractivity (Wildman–Crippen MR) is 83.8 cm³/mol. The summed E-state index contributed by atoms with van der Waals surface area (Å²) in [5, 5.41) is 3.45. The van der Waals surface area contributed by atoms with Crippen LogP contribution in [0, 0.1) is 12.3 Å². The van der Waals surface area contributed by atoms with Gasteiger partial charge in [-0.05, 0) is 42.8 Å². The van der Waals surface area contributed by atoms with Crippen LogP contribution in [0.5, 0.6) is 11.5 Å². The Balaban J connectivity index is 1.78. The molecule has 3 heteroatoms. The van der Waals surface area contributed by atoms with Crippen LogP contribution in [-0.4, -0.2) is 13.2 Å². The summed E-state index contributed by atoms with van der Waals surface area (Å²) in [6.45, 7) is 3.31. The highest BCUT2D eigenvalue weighted by Crippen LogP contribution is 2.33. The van der Waals surface area contributed by atoms with E-state index in [-0.39, 0.29) is 6.04 Å². The van der Waals surface area contributed by atoms with Gasteiger partial charge in [0.15, 0.2) is 11.5 Å². The average molecular weight is 279 g/mol. The Kier molecular flexibility index (Phi) is 3.70. The van der Waals surface area contributed by atoms with Crippen LogP contribution in [0.2, 0.25) is 0 Å². The molecule has 1 heterocycles. The van der Waals surface area contributed by atoms with Gasteiger partial charge in [-0.3, -0.25) is 0 Å². The minimum atomic E-state index is 0.147. The molecule has 0 aromatic heterocycles. The van der Waals surface area contributed by atoms with Gasteiger partial charge in [-0.15, -0.1) is 6.42 Å². The fourth-order valence-electron chi connectivity index (χ4n) is 2.36. The Morgan fingerprint density at radius 3 is 2.71 bits per heavy atom. The van der Waals surface area contributed by atoms with Crippen molar-refractivity contribution in [1.29, 1.82) is 0 Å². The lowest BCUT2D eigenvalue weighted by molar-refractivity contribution is 0.171. The molecule has 1 N–H and O–H groups in total. The summed E-state index contributed by atoms with van der Waals surface area (Å²) in [6.07, 6.45) is 5.43. The van der Waals surface area contributed by atoms with E-state index in [2.05, 4.69) is 24.2 Å². The number of anilines is 1. The van der Waals surface area contributed by atoms with Gasteiger partial charge >= 0.3 is 0 Å². The van der Waals surface area contributed by atoms with Crippen molar-refractivity contribution in [1.82, 2.24) is 0 Å². The summed E-state index contributed by atoms with van der Waals surface area (Å²) in [5.41, 5.74) is 3.02. The van der Waals surface area contributed by atoms with Crippen LogP contribution in [0.25, 0.3) is 0 Å². The maximum Gasteiger partial charge on any atom is 0.161 e. The number of hydrogen-bond acceptors (Lipinski definition) is 3. The first-order chi connectivity index (χ1) is 10.3. The van der Waals surface area contributed by atoms with Gasteiger partial charge in [-0.2, -0.15) is 0 Å². The summed E-state index contributed by atoms with van der Waals surface area (Å²) < 4.78 is 11.2. The van der Waals surface area contributed by atoms with Crippen molar-refractivity contribution >= 4 is 5.69 Å². The molecule has 0 saturated carbocycles. The number of terminal acetylenes is 1. The molecule has 2 aromatic rings. The lowest BCUT2D eigenvalue weighted by Crippen LogP contribution is -2.16. The number of hydrogen-bond donors (Lipinski definition) is 1. The summed E-state index contributed by atoms with van der Waals surface area (Å²) in [4.78, 5) is 0. The number of fused-ring (bicyclic) bond motifs is 1. The molecule has 0 aliphatic carbocycles. The third kappa shape index (κ3) is 2.95. The third-order valence-corrected chi connectivity index (χ3v) is 3.48. The molecule has 1 atom stereocenters. The Morgan fingerprint density at radius 1 is 1.10 bits per heavy atom. The smallest absolute Gasteiger partial charge is 0.161 e. The second kappa shape index (κ2) is 5.80. The van der Waals surface area contributed by atoms with Crippen LogP contribution < -0.4 is 14.8 Å². The molecule has 1 aliphatic heterocycles. The highest BCUT2D eigenvalue weighted by atomic mass is 16.6. The lowest BCUT2D eigenvalue weighted by Gasteiger charge is -2.21. The highest BCUT2D eigenvalue weighted by Gasteiger charge is 2.14. The van der Waals surface area contributed by atoms with E-state index in [1.54, 1.807) is 0 Å². The minimum absolute atomic E-state index is 0.147. The summed E-state index contributed by atoms with van der Waals surface area (Å²) in [6, 6.07) is 14.0. The molecule has 0 bridgehead atoms. The van der Waals surface area contributed by atoms with Gasteiger partial charge < -0.3 is 14.8 Å². The van der Waals surface area contributed by atoms with E-state index in [9.17, 15) is 0 Å². The van der Waals surface area contributed by atoms with E-state index in [0.29, 0.717) is 13.2 Å². The summed E-state index contributed by atoms with van der Waals surface area (Å²) in [5.74, 6) is 4.27. The molecule has 3 nitrogen and oxygen atoms in total. The SMILES string of the molecule is C#Cc1cccc(NC(C)c2ccc3c(c2)OCCO3)c1. The Labute approximate surface area is 124 Å². The summed E-state index contributed by atoms with van der Waals surface area (Å²) >= 11 is 0. The van der Waals surface area contributed by atoms with Gasteiger partial charge in [0, 0.05) is 17.3 Å². The van der Waals surface area contributed by atoms with Crippen LogP contribution in [0.3, 0.4) is 0 Å². The highest BCUT2D eigenvalue weighted by molar-refractivity contribution is 5.52. The molecular weight excluding hydrogens is 262 g/mol. The molecule has 2 aromatic carbocycles. The second-order valence-corrected chi connectivity index (χ2v) is 4.99. The van der Waals surface area contributed by atoms with Gasteiger partial charge in [0.2, 0.25) is 0 Å². The van der Waals surface area contributed by atoms with Gasteiger partial charge in [0.25, 0.3) is 0 Å². The Bertz CT molecular complexity index is 688. The first-order valence-electron chi connectivity index (χ1n) is 6.99. The molecule has 0 radical (unpaired) electrons. The van der Waals surface area contributed by atoms with Crippen LogP contribution in [0.4, 0.5) is 5.69 Å². The monoisotopic (exact) mass is 279 g/mol. The van der Waals surface area contributed by atoms with Crippen LogP contribution in [-0.2, 0) is 0 Å². The molecule has 0 amide bonds. The van der Waals surface area contributed by atoms with Crippen molar-refractivity contribution in [2.75, 3.05) is 18.5 Å². The van der Waals surface area contributed by atoms with E-state index in [1.807, 2.05) is 36.4 Å². The topological polar surface area (TPSA) is 30.5 Å². The van der Waals surface area contributed by atoms with Gasteiger partial charge in [0.05, 0.1) is 0 Å². The molecule has 0 spiro atoms. The minimum Gasteiger partial charge on any atom is -0.486 e. The standard InChI is InChI=1S/C18H17NO2/c1-3-14-5-4-6-16(11-14)19-13(2)15-7-8-17-18(12-15)21-10-9-20-17/h1,4-8,11-13,19H,9-10H2,2H3. The van der Waals surface area contributed by atoms with Crippen LogP contribution >= 0.6 is 0 Å². The molecule has 1 aliphatic rings. The van der Waals surface area contributed by atoms with Crippen LogP contribution in [0.1, 0.15) is 24.1 Å². The van der Waals surface area contributed by atoms with E-state index >= 15 is 0 Å². The molecular formula is C18H17NO2. The molecule has 1 unspecified atom stereocenters. The zero-order valence-electron chi connectivity index (χ0n) is 11.9. The van der Waals surface area contributed by atoms with E-state index < -0.39 is 0 Å². The van der Waals surface area contributed by atoms with Crippen molar-refractivity contribution in [2.24, 2.45) is 0 Å². The van der Waals surface area contributed by atoms with Gasteiger partial charge in [-0.25, -0.2) is 0 Å². The largest absolute Gasteiger partial charge is 0.486 e. The summed E-state index contributed by atoms with van der Waals surface area (Å²) in [7, 11) is 0. The van der Waals surface area contributed by atoms with Crippen molar-refractivity contribution in [3.63, 3.8) is 0 Å². The molecule has 0 saturated heterocycles. The number of benzene rings is 2. The molecule has 106 valence electrons. The maximum atomic E-state index is 5.62. The van der Waals surface area contributed by atoms with Crippen molar-refractivity contribution < 1.29 is 9.47 Å². The third-order valence-electron chi connectivity index (χ3n) is 3.48. The van der Waals surface area contributed by atoms with E-state index in [4.69, 9.17) is 15.9 Å². The number of ether oxygens (including phenoxy) is 2. The Hall–Kier alpha value is -2.60. The molecule has 3 rings (SSSR count). The van der Waals surface area contributed by atoms with E-state index in [0.717, 1.165) is 28.3 Å². The average Bonchev–Trinajstić information content (AvgIpc) is 2.54. The molecule has 21 heavy (non-hydrogen) atoms. The predicted octanol–water partition coefficient (Wildman–Crippen LogP) is 3.61. The first kappa shape index (κ1) is 13.4. The Morgan fingerprint density at radius 2 is 1.90 bits per heavy atom. The van der Waals surface area contributed by atoms with Gasteiger partial charge in [0.1, 0.15) is 13.2 Å². The van der Waals surface area contributed by atoms with Crippen LogP contribution in [0.15, 0.2) is 42.5 Å². The quantitative estimate of drug-likeness (QED) is 0.871. The zero-order valence-corrected chi connectivity index (χ0v) is 11.9. The lowest BCUT2D eigenvalue weighted by atomic mass is 10.1. The normalized spacial score (nSPS) is 14.1. The second-order valence-electron chi connectivity index (χ2n) is 4.99. The van der Waals surface area contributed by atoms with Crippen molar-refractivity contribution in [3.05, 3.63) is 53.6 Å². The molecule has 0 fully saturated rings. The van der Waals surface area contributed by atoms with E-state index in [1.165, 1.54) is 0 Å². The zero-order chi connectivity index (χ0) is 14.7. The fraction of sp³-hybridized carbons (Fsp3) is 0.222.